The van der Waals surface area contributed by atoms with Crippen LogP contribution >= 0.6 is 11.6 Å². The van der Waals surface area contributed by atoms with Gasteiger partial charge in [-0.25, -0.2) is 17.9 Å². The number of methoxy groups -OCH3 is 1. The molecule has 9 heteroatoms. The highest BCUT2D eigenvalue weighted by Crippen LogP contribution is 2.15. The lowest BCUT2D eigenvalue weighted by Gasteiger charge is -2.10. The van der Waals surface area contributed by atoms with Crippen molar-refractivity contribution in [2.45, 2.75) is 11.4 Å². The normalized spacial score (nSPS) is 11.0. The van der Waals surface area contributed by atoms with Crippen molar-refractivity contribution in [1.29, 1.82) is 0 Å². The molecule has 2 rings (SSSR count). The molecule has 0 radical (unpaired) electrons. The van der Waals surface area contributed by atoms with Crippen LogP contribution in [0.3, 0.4) is 0 Å². The van der Waals surface area contributed by atoms with Crippen LogP contribution in [0.1, 0.15) is 5.56 Å². The van der Waals surface area contributed by atoms with Crippen molar-refractivity contribution in [1.82, 2.24) is 15.4 Å². The van der Waals surface area contributed by atoms with Gasteiger partial charge in [-0.2, -0.15) is 0 Å². The Morgan fingerprint density at radius 2 is 1.65 bits per heavy atom. The Hall–Kier alpha value is -2.29. The largest absolute Gasteiger partial charge is 0.497 e. The molecule has 0 fully saturated rings. The average molecular weight is 398 g/mol. The summed E-state index contributed by atoms with van der Waals surface area (Å²) in [7, 11) is -2.13. The third-order valence-corrected chi connectivity index (χ3v) is 5.17. The van der Waals surface area contributed by atoms with Gasteiger partial charge in [0.15, 0.2) is 0 Å². The second-order valence-corrected chi connectivity index (χ2v) is 7.51. The van der Waals surface area contributed by atoms with E-state index in [0.717, 1.165) is 5.56 Å². The van der Waals surface area contributed by atoms with Gasteiger partial charge in [-0.15, -0.1) is 0 Å². The molecule has 2 amide bonds. The lowest BCUT2D eigenvalue weighted by atomic mass is 10.2. The zero-order valence-corrected chi connectivity index (χ0v) is 15.7. The zero-order chi connectivity index (χ0) is 19.0. The Labute approximate surface area is 157 Å². The van der Waals surface area contributed by atoms with Gasteiger partial charge in [0.05, 0.1) is 12.0 Å². The number of benzene rings is 2. The molecule has 0 aromatic heterocycles. The topological polar surface area (TPSA) is 96.5 Å². The van der Waals surface area contributed by atoms with Crippen molar-refractivity contribution in [3.63, 3.8) is 0 Å². The van der Waals surface area contributed by atoms with Crippen LogP contribution in [0.4, 0.5) is 4.79 Å². The van der Waals surface area contributed by atoms with Crippen LogP contribution in [0.2, 0.25) is 5.02 Å². The first-order chi connectivity index (χ1) is 12.4. The van der Waals surface area contributed by atoms with Crippen molar-refractivity contribution in [2.75, 3.05) is 20.2 Å². The van der Waals surface area contributed by atoms with E-state index in [0.29, 0.717) is 17.3 Å². The third kappa shape index (κ3) is 6.21. The first kappa shape index (κ1) is 20.0. The smallest absolute Gasteiger partial charge is 0.315 e. The van der Waals surface area contributed by atoms with E-state index in [-0.39, 0.29) is 24.0 Å². The van der Waals surface area contributed by atoms with E-state index in [1.165, 1.54) is 19.2 Å². The molecule has 0 heterocycles. The van der Waals surface area contributed by atoms with Gasteiger partial charge in [-0.05, 0) is 42.0 Å². The summed E-state index contributed by atoms with van der Waals surface area (Å²) in [5, 5.41) is 5.89. The number of urea groups is 1. The van der Waals surface area contributed by atoms with E-state index >= 15 is 0 Å². The van der Waals surface area contributed by atoms with Crippen LogP contribution in [-0.4, -0.2) is 34.6 Å². The summed E-state index contributed by atoms with van der Waals surface area (Å²) in [4.78, 5) is 11.8. The number of carbonyl (C=O) groups excluding carboxylic acids is 1. The van der Waals surface area contributed by atoms with Gasteiger partial charge in [-0.3, -0.25) is 0 Å². The third-order valence-electron chi connectivity index (χ3n) is 3.44. The van der Waals surface area contributed by atoms with Crippen molar-refractivity contribution >= 4 is 27.7 Å². The van der Waals surface area contributed by atoms with Crippen molar-refractivity contribution in [3.05, 3.63) is 59.1 Å². The van der Waals surface area contributed by atoms with Gasteiger partial charge in [0.2, 0.25) is 10.0 Å². The number of hydrogen-bond donors (Lipinski definition) is 3. The lowest BCUT2D eigenvalue weighted by Crippen LogP contribution is -2.40. The maximum absolute atomic E-state index is 12.1. The maximum Gasteiger partial charge on any atom is 0.315 e. The molecule has 0 unspecified atom stereocenters. The van der Waals surface area contributed by atoms with Crippen molar-refractivity contribution in [2.24, 2.45) is 0 Å². The summed E-state index contributed by atoms with van der Waals surface area (Å²) >= 11 is 5.79. The summed E-state index contributed by atoms with van der Waals surface area (Å²) in [5.41, 5.74) is 0.907. The molecule has 0 bridgehead atoms. The molecular weight excluding hydrogens is 378 g/mol. The molecule has 3 N–H and O–H groups in total. The predicted molar refractivity (Wildman–Crippen MR) is 99.9 cm³/mol. The molecule has 0 aliphatic heterocycles. The van der Waals surface area contributed by atoms with Crippen LogP contribution in [-0.2, 0) is 16.6 Å². The summed E-state index contributed by atoms with van der Waals surface area (Å²) < 4.78 is 31.7. The Balaban J connectivity index is 1.71. The van der Waals surface area contributed by atoms with Gasteiger partial charge in [0.25, 0.3) is 0 Å². The molecule has 2 aromatic rings. The maximum atomic E-state index is 12.1. The summed E-state index contributed by atoms with van der Waals surface area (Å²) in [6.45, 7) is 0.575. The highest BCUT2D eigenvalue weighted by Gasteiger charge is 2.13. The van der Waals surface area contributed by atoms with Crippen molar-refractivity contribution in [3.8, 4) is 5.75 Å². The van der Waals surface area contributed by atoms with Gasteiger partial charge in [0.1, 0.15) is 5.75 Å². The number of sulfonamides is 1. The second-order valence-electron chi connectivity index (χ2n) is 5.31. The van der Waals surface area contributed by atoms with Gasteiger partial charge < -0.3 is 15.4 Å². The molecule has 2 aromatic carbocycles. The Bertz CT molecular complexity index is 824. The van der Waals surface area contributed by atoms with Crippen LogP contribution < -0.4 is 20.1 Å². The Morgan fingerprint density at radius 3 is 2.27 bits per heavy atom. The predicted octanol–water partition coefficient (Wildman–Crippen LogP) is 2.13. The molecule has 0 saturated heterocycles. The van der Waals surface area contributed by atoms with E-state index < -0.39 is 10.0 Å². The average Bonchev–Trinajstić information content (AvgIpc) is 2.65. The Kier molecular flexibility index (Phi) is 7.26. The molecular formula is C17H20ClN3O4S. The summed E-state index contributed by atoms with van der Waals surface area (Å²) in [5.74, 6) is 0.572. The number of amides is 2. The van der Waals surface area contributed by atoms with Crippen LogP contribution in [0.15, 0.2) is 53.4 Å². The van der Waals surface area contributed by atoms with E-state index in [1.54, 1.807) is 24.3 Å². The molecule has 7 nitrogen and oxygen atoms in total. The zero-order valence-electron chi connectivity index (χ0n) is 14.2. The Morgan fingerprint density at radius 1 is 1.00 bits per heavy atom. The number of rotatable bonds is 8. The minimum atomic E-state index is -3.63. The molecule has 26 heavy (non-hydrogen) atoms. The second kappa shape index (κ2) is 9.42. The SMILES string of the molecule is COc1ccc(S(=O)(=O)NCCNC(=O)NCc2ccc(Cl)cc2)cc1. The van der Waals surface area contributed by atoms with Crippen molar-refractivity contribution < 1.29 is 17.9 Å². The first-order valence-electron chi connectivity index (χ1n) is 7.80. The fourth-order valence-electron chi connectivity index (χ4n) is 2.05. The number of carbonyl (C=O) groups is 1. The summed E-state index contributed by atoms with van der Waals surface area (Å²) in [6, 6.07) is 12.8. The molecule has 0 aliphatic rings. The minimum absolute atomic E-state index is 0.0722. The highest BCUT2D eigenvalue weighted by atomic mass is 35.5. The molecule has 0 aliphatic carbocycles. The van der Waals surface area contributed by atoms with Gasteiger partial charge in [-0.1, -0.05) is 23.7 Å². The first-order valence-corrected chi connectivity index (χ1v) is 9.67. The number of ether oxygens (including phenoxy) is 1. The van der Waals surface area contributed by atoms with Gasteiger partial charge in [0, 0.05) is 24.7 Å². The van der Waals surface area contributed by atoms with E-state index in [2.05, 4.69) is 15.4 Å². The quantitative estimate of drug-likeness (QED) is 0.594. The van der Waals surface area contributed by atoms with Crippen LogP contribution in [0.25, 0.3) is 0 Å². The van der Waals surface area contributed by atoms with E-state index in [9.17, 15) is 13.2 Å². The standard InChI is InChI=1S/C17H20ClN3O4S/c1-25-15-6-8-16(9-7-15)26(23,24)21-11-10-19-17(22)20-12-13-2-4-14(18)5-3-13/h2-9,21H,10-12H2,1H3,(H2,19,20,22). The van der Waals surface area contributed by atoms with E-state index in [1.807, 2.05) is 12.1 Å². The van der Waals surface area contributed by atoms with Crippen LogP contribution in [0, 0.1) is 0 Å². The minimum Gasteiger partial charge on any atom is -0.497 e. The number of hydrogen-bond acceptors (Lipinski definition) is 4. The summed E-state index contributed by atoms with van der Waals surface area (Å²) in [6.07, 6.45) is 0. The highest BCUT2D eigenvalue weighted by molar-refractivity contribution is 7.89. The monoisotopic (exact) mass is 397 g/mol. The fourth-order valence-corrected chi connectivity index (χ4v) is 3.20. The number of nitrogens with one attached hydrogen (secondary N) is 3. The molecule has 0 spiro atoms. The fraction of sp³-hybridized carbons (Fsp3) is 0.235. The molecule has 0 saturated carbocycles. The van der Waals surface area contributed by atoms with E-state index in [4.69, 9.17) is 16.3 Å². The molecule has 0 atom stereocenters. The van der Waals surface area contributed by atoms with Gasteiger partial charge >= 0.3 is 6.03 Å². The van der Waals surface area contributed by atoms with Crippen LogP contribution in [0.5, 0.6) is 5.75 Å². The lowest BCUT2D eigenvalue weighted by molar-refractivity contribution is 0.240. The number of halogens is 1. The molecule has 140 valence electrons.